The summed E-state index contributed by atoms with van der Waals surface area (Å²) in [6.45, 7) is 0. The van der Waals surface area contributed by atoms with Crippen LogP contribution < -0.4 is 9.80 Å². The molecule has 244 valence electrons. The van der Waals surface area contributed by atoms with Gasteiger partial charge in [-0.05, 0) is 129 Å². The second-order valence-electron chi connectivity index (χ2n) is 14.0. The van der Waals surface area contributed by atoms with Gasteiger partial charge < -0.3 is 9.80 Å². The molecule has 2 heteroatoms. The third-order valence-electron chi connectivity index (χ3n) is 11.2. The minimum Gasteiger partial charge on any atom is -0.310 e. The van der Waals surface area contributed by atoms with E-state index in [0.29, 0.717) is 0 Å². The van der Waals surface area contributed by atoms with Crippen molar-refractivity contribution < 1.29 is 0 Å². The normalized spacial score (nSPS) is 13.5. The zero-order valence-corrected chi connectivity index (χ0v) is 28.6. The number of fused-ring (bicyclic) bond motifs is 5. The topological polar surface area (TPSA) is 6.48 Å². The first kappa shape index (κ1) is 29.1. The van der Waals surface area contributed by atoms with Gasteiger partial charge in [0.15, 0.2) is 0 Å². The van der Waals surface area contributed by atoms with Crippen LogP contribution in [0.3, 0.4) is 0 Å². The summed E-state index contributed by atoms with van der Waals surface area (Å²) in [6.07, 6.45) is 6.86. The highest BCUT2D eigenvalue weighted by atomic mass is 15.2. The monoisotopic (exact) mass is 662 g/mol. The average molecular weight is 663 g/mol. The second-order valence-corrected chi connectivity index (χ2v) is 14.0. The van der Waals surface area contributed by atoms with E-state index in [0.717, 1.165) is 35.6 Å². The SMILES string of the molecule is C1=CC2=C(CC1)c1ccc(N(c3ccccc3)c3ccc(N(c4ccccc4)c4ccc5c6c(cccc46)-c4ccccc4-5)cc3)c3cccc2c13. The molecule has 0 aliphatic heterocycles. The van der Waals surface area contributed by atoms with Crippen LogP contribution in [0, 0.1) is 0 Å². The van der Waals surface area contributed by atoms with Gasteiger partial charge in [0.2, 0.25) is 0 Å². The van der Waals surface area contributed by atoms with Crippen molar-refractivity contribution in [3.63, 3.8) is 0 Å². The molecular formula is C50H34N2. The van der Waals surface area contributed by atoms with Crippen LogP contribution in [0.5, 0.6) is 0 Å². The van der Waals surface area contributed by atoms with E-state index in [9.17, 15) is 0 Å². The summed E-state index contributed by atoms with van der Waals surface area (Å²) in [6, 6.07) is 62.3. The van der Waals surface area contributed by atoms with Crippen LogP contribution in [0.25, 0.3) is 54.9 Å². The molecule has 3 aliphatic rings. The molecule has 8 aromatic rings. The van der Waals surface area contributed by atoms with Crippen molar-refractivity contribution in [2.45, 2.75) is 12.8 Å². The molecule has 0 bridgehead atoms. The lowest BCUT2D eigenvalue weighted by atomic mass is 9.95. The van der Waals surface area contributed by atoms with Gasteiger partial charge in [-0.25, -0.2) is 0 Å². The number of rotatable bonds is 6. The molecule has 0 saturated heterocycles. The van der Waals surface area contributed by atoms with Crippen molar-refractivity contribution in [3.05, 3.63) is 193 Å². The molecule has 0 atom stereocenters. The van der Waals surface area contributed by atoms with Gasteiger partial charge in [0.1, 0.15) is 0 Å². The summed E-state index contributed by atoms with van der Waals surface area (Å²) in [5, 5.41) is 5.24. The predicted molar refractivity (Wildman–Crippen MR) is 220 cm³/mol. The molecule has 0 aromatic heterocycles. The molecule has 52 heavy (non-hydrogen) atoms. The lowest BCUT2D eigenvalue weighted by Gasteiger charge is -2.30. The number of hydrogen-bond donors (Lipinski definition) is 0. The minimum atomic E-state index is 1.10. The largest absolute Gasteiger partial charge is 0.310 e. The van der Waals surface area contributed by atoms with Gasteiger partial charge in [-0.2, -0.15) is 0 Å². The Morgan fingerprint density at radius 2 is 0.808 bits per heavy atom. The second kappa shape index (κ2) is 11.4. The van der Waals surface area contributed by atoms with Crippen molar-refractivity contribution in [1.29, 1.82) is 0 Å². The fourth-order valence-corrected chi connectivity index (χ4v) is 9.01. The standard InChI is InChI=1S/C50H34N2/c1-3-13-33(14-4-1)51(47-31-29-43-39-19-9-7-17-37(39)41-21-11-23-45(47)49(41)43)35-25-27-36(28-26-35)52(34-15-5-2-6-16-34)48-32-30-44-40-20-10-8-18-38(40)42-22-12-24-46(48)50(42)44/h1-9,11-19,21-32H,10,20H2. The Labute approximate surface area is 303 Å². The maximum absolute atomic E-state index is 2.42. The van der Waals surface area contributed by atoms with Crippen LogP contribution in [0.4, 0.5) is 34.1 Å². The summed E-state index contributed by atoms with van der Waals surface area (Å²) in [5.41, 5.74) is 17.7. The summed E-state index contributed by atoms with van der Waals surface area (Å²) < 4.78 is 0. The maximum atomic E-state index is 2.42. The molecule has 11 rings (SSSR count). The zero-order valence-electron chi connectivity index (χ0n) is 28.6. The zero-order chi connectivity index (χ0) is 34.2. The van der Waals surface area contributed by atoms with Gasteiger partial charge in [0.05, 0.1) is 11.4 Å². The molecule has 0 saturated carbocycles. The predicted octanol–water partition coefficient (Wildman–Crippen LogP) is 14.2. The van der Waals surface area contributed by atoms with Crippen molar-refractivity contribution >= 4 is 66.8 Å². The lowest BCUT2D eigenvalue weighted by molar-refractivity contribution is 1.06. The third-order valence-corrected chi connectivity index (χ3v) is 11.2. The molecule has 8 aromatic carbocycles. The van der Waals surface area contributed by atoms with Gasteiger partial charge in [-0.3, -0.25) is 0 Å². The molecule has 0 fully saturated rings. The third kappa shape index (κ3) is 4.25. The van der Waals surface area contributed by atoms with Crippen molar-refractivity contribution in [1.82, 2.24) is 0 Å². The Bertz CT molecular complexity index is 2740. The van der Waals surface area contributed by atoms with Crippen LogP contribution in [0.1, 0.15) is 24.0 Å². The highest BCUT2D eigenvalue weighted by Gasteiger charge is 2.28. The molecule has 0 heterocycles. The molecule has 0 N–H and O–H groups in total. The Kier molecular flexibility index (Phi) is 6.41. The summed E-state index contributed by atoms with van der Waals surface area (Å²) in [4.78, 5) is 4.83. The highest BCUT2D eigenvalue weighted by Crippen LogP contribution is 2.52. The quantitative estimate of drug-likeness (QED) is 0.175. The fraction of sp³-hybridized carbons (Fsp3) is 0.0400. The van der Waals surface area contributed by atoms with E-state index in [4.69, 9.17) is 0 Å². The van der Waals surface area contributed by atoms with Gasteiger partial charge >= 0.3 is 0 Å². The first-order valence-corrected chi connectivity index (χ1v) is 18.3. The summed E-state index contributed by atoms with van der Waals surface area (Å²) in [7, 11) is 0. The average Bonchev–Trinajstić information content (AvgIpc) is 3.72. The Morgan fingerprint density at radius 1 is 0.346 bits per heavy atom. The number of allylic oxidation sites excluding steroid dienone is 4. The molecule has 0 spiro atoms. The van der Waals surface area contributed by atoms with Crippen molar-refractivity contribution in [3.8, 4) is 22.3 Å². The minimum absolute atomic E-state index is 1.10. The first-order valence-electron chi connectivity index (χ1n) is 18.3. The van der Waals surface area contributed by atoms with E-state index in [1.54, 1.807) is 0 Å². The van der Waals surface area contributed by atoms with E-state index in [1.807, 2.05) is 0 Å². The van der Waals surface area contributed by atoms with Gasteiger partial charge in [-0.1, -0.05) is 121 Å². The number of para-hydroxylation sites is 2. The number of anilines is 6. The van der Waals surface area contributed by atoms with Gasteiger partial charge in [-0.15, -0.1) is 0 Å². The van der Waals surface area contributed by atoms with E-state index in [1.165, 1.54) is 77.4 Å². The fourth-order valence-electron chi connectivity index (χ4n) is 9.01. The van der Waals surface area contributed by atoms with Crippen LogP contribution in [-0.4, -0.2) is 0 Å². The number of benzene rings is 8. The summed E-state index contributed by atoms with van der Waals surface area (Å²) >= 11 is 0. The Hall–Kier alpha value is -6.64. The highest BCUT2D eigenvalue weighted by molar-refractivity contribution is 6.20. The van der Waals surface area contributed by atoms with Gasteiger partial charge in [0.25, 0.3) is 0 Å². The molecule has 0 radical (unpaired) electrons. The first-order chi connectivity index (χ1) is 25.8. The smallest absolute Gasteiger partial charge is 0.0540 e. The van der Waals surface area contributed by atoms with Crippen LogP contribution in [0.15, 0.2) is 182 Å². The summed E-state index contributed by atoms with van der Waals surface area (Å²) in [5.74, 6) is 0. The Balaban J connectivity index is 1.07. The van der Waals surface area contributed by atoms with Crippen LogP contribution in [0.2, 0.25) is 0 Å². The number of nitrogens with zero attached hydrogens (tertiary/aromatic N) is 2. The molecular weight excluding hydrogens is 629 g/mol. The van der Waals surface area contributed by atoms with Crippen molar-refractivity contribution in [2.24, 2.45) is 0 Å². The van der Waals surface area contributed by atoms with E-state index < -0.39 is 0 Å². The maximum Gasteiger partial charge on any atom is 0.0540 e. The van der Waals surface area contributed by atoms with E-state index in [-0.39, 0.29) is 0 Å². The van der Waals surface area contributed by atoms with E-state index >= 15 is 0 Å². The molecule has 0 unspecified atom stereocenters. The number of hydrogen-bond acceptors (Lipinski definition) is 2. The Morgan fingerprint density at radius 3 is 1.40 bits per heavy atom. The molecule has 0 amide bonds. The lowest BCUT2D eigenvalue weighted by Crippen LogP contribution is -2.13. The van der Waals surface area contributed by atoms with E-state index in [2.05, 4.69) is 192 Å². The van der Waals surface area contributed by atoms with Crippen LogP contribution >= 0.6 is 0 Å². The molecule has 2 nitrogen and oxygen atoms in total. The van der Waals surface area contributed by atoms with Crippen molar-refractivity contribution in [2.75, 3.05) is 9.80 Å². The van der Waals surface area contributed by atoms with Crippen LogP contribution in [-0.2, 0) is 0 Å². The molecule has 3 aliphatic carbocycles. The van der Waals surface area contributed by atoms with Gasteiger partial charge in [0, 0.05) is 33.5 Å².